The number of nitrogens with zero attached hydrogens (tertiary/aromatic N) is 2. The molecule has 196 valence electrons. The molecule has 2 amide bonds. The van der Waals surface area contributed by atoms with Crippen LogP contribution in [0.25, 0.3) is 10.9 Å². The number of aromatic nitrogens is 1. The van der Waals surface area contributed by atoms with E-state index in [1.165, 1.54) is 11.1 Å². The second-order valence-electron chi connectivity index (χ2n) is 9.41. The minimum absolute atomic E-state index is 0.0731. The van der Waals surface area contributed by atoms with Crippen LogP contribution in [0, 0.1) is 0 Å². The molecule has 8 nitrogen and oxygen atoms in total. The Balaban J connectivity index is 1.49. The van der Waals surface area contributed by atoms with Crippen molar-refractivity contribution in [3.05, 3.63) is 65.9 Å². The van der Waals surface area contributed by atoms with Gasteiger partial charge in [0.05, 0.1) is 33.5 Å². The van der Waals surface area contributed by atoms with Gasteiger partial charge >= 0.3 is 6.03 Å². The molecule has 1 fully saturated rings. The Hall–Kier alpha value is -3.65. The maximum absolute atomic E-state index is 13.7. The molecule has 3 aromatic rings. The summed E-state index contributed by atoms with van der Waals surface area (Å²) >= 11 is 0. The molecule has 2 aliphatic rings. The van der Waals surface area contributed by atoms with E-state index in [0.717, 1.165) is 41.5 Å². The Labute approximate surface area is 217 Å². The fourth-order valence-electron chi connectivity index (χ4n) is 5.39. The van der Waals surface area contributed by atoms with Gasteiger partial charge in [-0.25, -0.2) is 4.79 Å². The van der Waals surface area contributed by atoms with E-state index in [0.29, 0.717) is 51.0 Å². The van der Waals surface area contributed by atoms with Crippen LogP contribution in [0.3, 0.4) is 0 Å². The van der Waals surface area contributed by atoms with Crippen LogP contribution in [0.1, 0.15) is 29.2 Å². The highest BCUT2D eigenvalue weighted by Gasteiger charge is 2.35. The van der Waals surface area contributed by atoms with Crippen LogP contribution in [0.5, 0.6) is 17.2 Å². The summed E-state index contributed by atoms with van der Waals surface area (Å²) in [5.41, 5.74) is 4.59. The number of H-pyrrole nitrogens is 1. The number of aryl methyl sites for hydroxylation is 1. The molecule has 1 N–H and O–H groups in total. The topological polar surface area (TPSA) is 76.3 Å². The number of methoxy groups -OCH3 is 2. The van der Waals surface area contributed by atoms with Gasteiger partial charge in [-0.1, -0.05) is 12.7 Å². The average molecular weight is 506 g/mol. The van der Waals surface area contributed by atoms with Gasteiger partial charge in [0, 0.05) is 36.7 Å². The predicted molar refractivity (Wildman–Crippen MR) is 143 cm³/mol. The third-order valence-corrected chi connectivity index (χ3v) is 7.33. The number of aromatic amines is 1. The van der Waals surface area contributed by atoms with Crippen molar-refractivity contribution in [3.8, 4) is 17.2 Å². The number of benzene rings is 2. The van der Waals surface area contributed by atoms with Crippen LogP contribution < -0.4 is 14.2 Å². The molecule has 0 saturated carbocycles. The molecule has 0 radical (unpaired) electrons. The second-order valence-corrected chi connectivity index (χ2v) is 9.41. The number of nitrogens with one attached hydrogen (secondary N) is 1. The van der Waals surface area contributed by atoms with Crippen molar-refractivity contribution in [2.24, 2.45) is 0 Å². The van der Waals surface area contributed by atoms with E-state index >= 15 is 0 Å². The standard InChI is InChI=1S/C29H35N3O5/c1-4-13-37-28-18-24-20(16-27(28)35-3)9-10-32(29(33)31-11-14-36-15-12-31)26(24)8-5-21-19-30-25-7-6-22(34-2)17-23(21)25/h4,6-7,16-19,26,30H,1,5,8-15H2,2-3H3. The zero-order chi connectivity index (χ0) is 25.8. The summed E-state index contributed by atoms with van der Waals surface area (Å²) in [6.07, 6.45) is 6.13. The van der Waals surface area contributed by atoms with Gasteiger partial charge in [0.1, 0.15) is 12.4 Å². The van der Waals surface area contributed by atoms with Crippen molar-refractivity contribution in [2.45, 2.75) is 25.3 Å². The third-order valence-electron chi connectivity index (χ3n) is 7.33. The first-order chi connectivity index (χ1) is 18.1. The second kappa shape index (κ2) is 11.2. The summed E-state index contributed by atoms with van der Waals surface area (Å²) in [5.74, 6) is 2.20. The summed E-state index contributed by atoms with van der Waals surface area (Å²) in [6.45, 7) is 7.20. The largest absolute Gasteiger partial charge is 0.497 e. The molecule has 1 atom stereocenters. The summed E-state index contributed by atoms with van der Waals surface area (Å²) < 4.78 is 22.5. The molecule has 0 bridgehead atoms. The molecule has 3 heterocycles. The van der Waals surface area contributed by atoms with Crippen LogP contribution in [0.4, 0.5) is 4.79 Å². The van der Waals surface area contributed by atoms with E-state index in [9.17, 15) is 4.79 Å². The lowest BCUT2D eigenvalue weighted by atomic mass is 9.88. The van der Waals surface area contributed by atoms with Gasteiger partial charge < -0.3 is 33.7 Å². The Kier molecular flexibility index (Phi) is 7.55. The number of rotatable bonds is 8. The van der Waals surface area contributed by atoms with Crippen LogP contribution in [-0.4, -0.2) is 74.5 Å². The zero-order valence-corrected chi connectivity index (χ0v) is 21.6. The number of ether oxygens (including phenoxy) is 4. The number of urea groups is 1. The van der Waals surface area contributed by atoms with Crippen molar-refractivity contribution < 1.29 is 23.7 Å². The van der Waals surface area contributed by atoms with Gasteiger partial charge in [-0.05, 0) is 66.3 Å². The molecule has 37 heavy (non-hydrogen) atoms. The first-order valence-electron chi connectivity index (χ1n) is 12.8. The number of fused-ring (bicyclic) bond motifs is 2. The van der Waals surface area contributed by atoms with Gasteiger partial charge in [-0.3, -0.25) is 0 Å². The Morgan fingerprint density at radius 3 is 2.73 bits per heavy atom. The van der Waals surface area contributed by atoms with Gasteiger partial charge in [0.15, 0.2) is 11.5 Å². The van der Waals surface area contributed by atoms with Crippen molar-refractivity contribution in [2.75, 3.05) is 53.7 Å². The van der Waals surface area contributed by atoms with Gasteiger partial charge in [0.25, 0.3) is 0 Å². The van der Waals surface area contributed by atoms with Crippen LogP contribution in [-0.2, 0) is 17.6 Å². The fraction of sp³-hybridized carbons (Fsp3) is 0.414. The molecule has 1 unspecified atom stereocenters. The molecule has 1 saturated heterocycles. The lowest BCUT2D eigenvalue weighted by Gasteiger charge is -2.41. The highest BCUT2D eigenvalue weighted by Crippen LogP contribution is 2.41. The Morgan fingerprint density at radius 1 is 1.14 bits per heavy atom. The number of hydrogen-bond donors (Lipinski definition) is 1. The molecular weight excluding hydrogens is 470 g/mol. The highest BCUT2D eigenvalue weighted by molar-refractivity contribution is 5.84. The van der Waals surface area contributed by atoms with Crippen molar-refractivity contribution in [1.82, 2.24) is 14.8 Å². The highest BCUT2D eigenvalue weighted by atomic mass is 16.5. The lowest BCUT2D eigenvalue weighted by molar-refractivity contribution is 0.0376. The predicted octanol–water partition coefficient (Wildman–Crippen LogP) is 4.73. The van der Waals surface area contributed by atoms with E-state index in [1.807, 2.05) is 21.9 Å². The fourth-order valence-corrected chi connectivity index (χ4v) is 5.39. The van der Waals surface area contributed by atoms with E-state index in [2.05, 4.69) is 36.0 Å². The zero-order valence-electron chi connectivity index (χ0n) is 21.6. The van der Waals surface area contributed by atoms with E-state index in [-0.39, 0.29) is 12.1 Å². The first kappa shape index (κ1) is 25.0. The summed E-state index contributed by atoms with van der Waals surface area (Å²) in [6, 6.07) is 10.2. The molecule has 2 aromatic carbocycles. The minimum atomic E-state index is -0.0911. The molecule has 0 aliphatic carbocycles. The quantitative estimate of drug-likeness (QED) is 0.448. The maximum Gasteiger partial charge on any atom is 0.320 e. The van der Waals surface area contributed by atoms with Crippen LogP contribution in [0.2, 0.25) is 0 Å². The van der Waals surface area contributed by atoms with E-state index in [4.69, 9.17) is 18.9 Å². The Morgan fingerprint density at radius 2 is 1.97 bits per heavy atom. The van der Waals surface area contributed by atoms with Crippen LogP contribution >= 0.6 is 0 Å². The minimum Gasteiger partial charge on any atom is -0.497 e. The first-order valence-corrected chi connectivity index (χ1v) is 12.8. The summed E-state index contributed by atoms with van der Waals surface area (Å²) in [4.78, 5) is 21.0. The third kappa shape index (κ3) is 5.11. The molecule has 1 aromatic heterocycles. The maximum atomic E-state index is 13.7. The average Bonchev–Trinajstić information content (AvgIpc) is 3.36. The van der Waals surface area contributed by atoms with Crippen LogP contribution in [0.15, 0.2) is 49.2 Å². The number of amides is 2. The lowest BCUT2D eigenvalue weighted by Crippen LogP contribution is -2.51. The number of carbonyl (C=O) groups is 1. The van der Waals surface area contributed by atoms with Crippen molar-refractivity contribution in [3.63, 3.8) is 0 Å². The van der Waals surface area contributed by atoms with E-state index < -0.39 is 0 Å². The van der Waals surface area contributed by atoms with Gasteiger partial charge in [0.2, 0.25) is 0 Å². The van der Waals surface area contributed by atoms with Crippen molar-refractivity contribution >= 4 is 16.9 Å². The molecule has 8 heteroatoms. The number of carbonyl (C=O) groups excluding carboxylic acids is 1. The smallest absolute Gasteiger partial charge is 0.320 e. The number of morpholine rings is 1. The SMILES string of the molecule is C=CCOc1cc2c(cc1OC)CCN(C(=O)N1CCOCC1)C2CCc1c[nH]c2ccc(OC)cc12. The van der Waals surface area contributed by atoms with Crippen molar-refractivity contribution in [1.29, 1.82) is 0 Å². The molecule has 5 rings (SSSR count). The number of hydrogen-bond acceptors (Lipinski definition) is 5. The molecule has 0 spiro atoms. The molecule has 2 aliphatic heterocycles. The molecular formula is C29H35N3O5. The van der Waals surface area contributed by atoms with E-state index in [1.54, 1.807) is 20.3 Å². The Bertz CT molecular complexity index is 1260. The summed E-state index contributed by atoms with van der Waals surface area (Å²) in [5, 5.41) is 1.14. The normalized spacial score (nSPS) is 17.4. The van der Waals surface area contributed by atoms with Gasteiger partial charge in [-0.15, -0.1) is 0 Å². The summed E-state index contributed by atoms with van der Waals surface area (Å²) in [7, 11) is 3.34. The van der Waals surface area contributed by atoms with Gasteiger partial charge in [-0.2, -0.15) is 0 Å². The monoisotopic (exact) mass is 505 g/mol.